The molecule has 1 N–H and O–H groups in total. The predicted molar refractivity (Wildman–Crippen MR) is 67.8 cm³/mol. The molecular weight excluding hydrogens is 214 g/mol. The van der Waals surface area contributed by atoms with Crippen molar-refractivity contribution in [3.63, 3.8) is 0 Å². The maximum absolute atomic E-state index is 5.51. The molecule has 96 valence electrons. The second-order valence-electron chi connectivity index (χ2n) is 5.32. The zero-order chi connectivity index (χ0) is 12.3. The van der Waals surface area contributed by atoms with Gasteiger partial charge in [-0.25, -0.2) is 4.98 Å². The highest BCUT2D eigenvalue weighted by Crippen LogP contribution is 2.18. The summed E-state index contributed by atoms with van der Waals surface area (Å²) in [6.45, 7) is 10.6. The van der Waals surface area contributed by atoms with Crippen LogP contribution < -0.4 is 5.32 Å². The molecule has 2 rings (SSSR count). The predicted octanol–water partition coefficient (Wildman–Crippen LogP) is 1.80. The van der Waals surface area contributed by atoms with Crippen LogP contribution in [-0.2, 0) is 6.54 Å². The Morgan fingerprint density at radius 2 is 2.41 bits per heavy atom. The molecule has 1 aliphatic heterocycles. The van der Waals surface area contributed by atoms with Crippen molar-refractivity contribution in [3.8, 4) is 0 Å². The molecule has 1 fully saturated rings. The minimum atomic E-state index is 0.582. The molecule has 1 aromatic rings. The van der Waals surface area contributed by atoms with Gasteiger partial charge in [-0.05, 0) is 32.4 Å². The Morgan fingerprint density at radius 3 is 3.06 bits per heavy atom. The van der Waals surface area contributed by atoms with Crippen LogP contribution >= 0.6 is 0 Å². The molecule has 4 nitrogen and oxygen atoms in total. The van der Waals surface area contributed by atoms with Crippen molar-refractivity contribution in [1.29, 1.82) is 0 Å². The first-order valence-corrected chi connectivity index (χ1v) is 6.50. The molecule has 4 heteroatoms. The molecule has 0 amide bonds. The number of hydrogen-bond donors (Lipinski definition) is 1. The van der Waals surface area contributed by atoms with Gasteiger partial charge in [0, 0.05) is 12.6 Å². The third-order valence-electron chi connectivity index (χ3n) is 3.21. The van der Waals surface area contributed by atoms with Crippen LogP contribution in [0.5, 0.6) is 0 Å². The van der Waals surface area contributed by atoms with Gasteiger partial charge >= 0.3 is 0 Å². The SMILES string of the molecule is Cc1cnc(CN2CCC(CNC(C)C)C2)o1. The number of hydrogen-bond acceptors (Lipinski definition) is 4. The lowest BCUT2D eigenvalue weighted by Gasteiger charge is -2.15. The normalized spacial score (nSPS) is 21.5. The molecule has 17 heavy (non-hydrogen) atoms. The first-order valence-electron chi connectivity index (χ1n) is 6.50. The first kappa shape index (κ1) is 12.6. The summed E-state index contributed by atoms with van der Waals surface area (Å²) in [4.78, 5) is 6.68. The van der Waals surface area contributed by atoms with Crippen molar-refractivity contribution in [3.05, 3.63) is 17.8 Å². The highest BCUT2D eigenvalue weighted by atomic mass is 16.4. The molecular formula is C13H23N3O. The summed E-state index contributed by atoms with van der Waals surface area (Å²) in [6.07, 6.45) is 3.07. The van der Waals surface area contributed by atoms with Crippen LogP contribution in [0, 0.1) is 12.8 Å². The Kier molecular flexibility index (Phi) is 4.18. The second kappa shape index (κ2) is 5.65. The maximum atomic E-state index is 5.51. The van der Waals surface area contributed by atoms with E-state index in [2.05, 4.69) is 29.0 Å². The summed E-state index contributed by atoms with van der Waals surface area (Å²) in [5, 5.41) is 3.51. The van der Waals surface area contributed by atoms with Crippen LogP contribution in [0.25, 0.3) is 0 Å². The fourth-order valence-electron chi connectivity index (χ4n) is 2.29. The second-order valence-corrected chi connectivity index (χ2v) is 5.32. The molecule has 1 atom stereocenters. The van der Waals surface area contributed by atoms with Crippen LogP contribution in [0.1, 0.15) is 31.9 Å². The van der Waals surface area contributed by atoms with Crippen molar-refractivity contribution in [2.24, 2.45) is 5.92 Å². The molecule has 0 saturated carbocycles. The van der Waals surface area contributed by atoms with Gasteiger partial charge in [-0.1, -0.05) is 13.8 Å². The first-order chi connectivity index (χ1) is 8.13. The smallest absolute Gasteiger partial charge is 0.208 e. The lowest BCUT2D eigenvalue weighted by Crippen LogP contribution is -2.30. The van der Waals surface area contributed by atoms with Gasteiger partial charge in [0.25, 0.3) is 0 Å². The molecule has 1 aromatic heterocycles. The Bertz CT molecular complexity index is 348. The van der Waals surface area contributed by atoms with Crippen molar-refractivity contribution < 1.29 is 4.42 Å². The highest BCUT2D eigenvalue weighted by Gasteiger charge is 2.23. The average molecular weight is 237 g/mol. The number of aryl methyl sites for hydroxylation is 1. The minimum Gasteiger partial charge on any atom is -0.445 e. The topological polar surface area (TPSA) is 41.3 Å². The van der Waals surface area contributed by atoms with Crippen molar-refractivity contribution in [2.45, 2.75) is 39.8 Å². The molecule has 0 radical (unpaired) electrons. The summed E-state index contributed by atoms with van der Waals surface area (Å²) >= 11 is 0. The van der Waals surface area contributed by atoms with E-state index in [-0.39, 0.29) is 0 Å². The van der Waals surface area contributed by atoms with E-state index in [0.717, 1.165) is 43.7 Å². The van der Waals surface area contributed by atoms with E-state index < -0.39 is 0 Å². The number of nitrogens with one attached hydrogen (secondary N) is 1. The van der Waals surface area contributed by atoms with Crippen LogP contribution in [-0.4, -0.2) is 35.6 Å². The van der Waals surface area contributed by atoms with E-state index in [1.54, 1.807) is 6.20 Å². The number of nitrogens with zero attached hydrogens (tertiary/aromatic N) is 2. The van der Waals surface area contributed by atoms with E-state index in [4.69, 9.17) is 4.42 Å². The Balaban J connectivity index is 1.74. The van der Waals surface area contributed by atoms with Gasteiger partial charge in [0.15, 0.2) is 0 Å². The number of oxazole rings is 1. The van der Waals surface area contributed by atoms with Gasteiger partial charge < -0.3 is 9.73 Å². The lowest BCUT2D eigenvalue weighted by atomic mass is 10.1. The monoisotopic (exact) mass is 237 g/mol. The van der Waals surface area contributed by atoms with E-state index in [1.807, 2.05) is 6.92 Å². The molecule has 0 bridgehead atoms. The molecule has 0 aliphatic carbocycles. The summed E-state index contributed by atoms with van der Waals surface area (Å²) in [6, 6.07) is 0.582. The Labute approximate surface area is 103 Å². The Hall–Kier alpha value is -0.870. The van der Waals surface area contributed by atoms with Crippen molar-refractivity contribution in [1.82, 2.24) is 15.2 Å². The highest BCUT2D eigenvalue weighted by molar-refractivity contribution is 4.91. The number of aromatic nitrogens is 1. The van der Waals surface area contributed by atoms with Gasteiger partial charge in [-0.15, -0.1) is 0 Å². The van der Waals surface area contributed by atoms with Gasteiger partial charge in [0.2, 0.25) is 5.89 Å². The van der Waals surface area contributed by atoms with Gasteiger partial charge in [-0.3, -0.25) is 4.90 Å². The number of likely N-dealkylation sites (tertiary alicyclic amines) is 1. The van der Waals surface area contributed by atoms with Crippen LogP contribution in [0.15, 0.2) is 10.6 Å². The fraction of sp³-hybridized carbons (Fsp3) is 0.769. The van der Waals surface area contributed by atoms with Crippen molar-refractivity contribution >= 4 is 0 Å². The van der Waals surface area contributed by atoms with Crippen molar-refractivity contribution in [2.75, 3.05) is 19.6 Å². The molecule has 1 unspecified atom stereocenters. The van der Waals surface area contributed by atoms with E-state index >= 15 is 0 Å². The molecule has 0 aromatic carbocycles. The molecule has 0 spiro atoms. The van der Waals surface area contributed by atoms with Crippen LogP contribution in [0.3, 0.4) is 0 Å². The minimum absolute atomic E-state index is 0.582. The Morgan fingerprint density at radius 1 is 1.59 bits per heavy atom. The lowest BCUT2D eigenvalue weighted by molar-refractivity contribution is 0.276. The quantitative estimate of drug-likeness (QED) is 0.848. The largest absolute Gasteiger partial charge is 0.445 e. The third kappa shape index (κ3) is 3.82. The third-order valence-corrected chi connectivity index (χ3v) is 3.21. The van der Waals surface area contributed by atoms with Gasteiger partial charge in [0.05, 0.1) is 12.7 Å². The number of rotatable bonds is 5. The zero-order valence-electron chi connectivity index (χ0n) is 11.1. The van der Waals surface area contributed by atoms with Crippen LogP contribution in [0.4, 0.5) is 0 Å². The molecule has 1 aliphatic rings. The summed E-state index contributed by atoms with van der Waals surface area (Å²) in [5.41, 5.74) is 0. The standard InChI is InChI=1S/C13H23N3O/c1-10(2)14-7-12-4-5-16(8-12)9-13-15-6-11(3)17-13/h6,10,12,14H,4-5,7-9H2,1-3H3. The summed E-state index contributed by atoms with van der Waals surface area (Å²) in [7, 11) is 0. The van der Waals surface area contributed by atoms with Crippen LogP contribution in [0.2, 0.25) is 0 Å². The molecule has 2 heterocycles. The van der Waals surface area contributed by atoms with Gasteiger partial charge in [0.1, 0.15) is 5.76 Å². The summed E-state index contributed by atoms with van der Waals surface area (Å²) < 4.78 is 5.51. The van der Waals surface area contributed by atoms with E-state index in [0.29, 0.717) is 6.04 Å². The fourth-order valence-corrected chi connectivity index (χ4v) is 2.29. The van der Waals surface area contributed by atoms with E-state index in [9.17, 15) is 0 Å². The molecule has 1 saturated heterocycles. The van der Waals surface area contributed by atoms with E-state index in [1.165, 1.54) is 6.42 Å². The zero-order valence-corrected chi connectivity index (χ0v) is 11.1. The summed E-state index contributed by atoms with van der Waals surface area (Å²) in [5.74, 6) is 2.52. The average Bonchev–Trinajstić information content (AvgIpc) is 2.86. The van der Waals surface area contributed by atoms with Gasteiger partial charge in [-0.2, -0.15) is 0 Å². The maximum Gasteiger partial charge on any atom is 0.208 e.